The van der Waals surface area contributed by atoms with Crippen molar-refractivity contribution in [2.45, 2.75) is 0 Å². The number of amides is 2. The zero-order valence-electron chi connectivity index (χ0n) is 15.7. The van der Waals surface area contributed by atoms with E-state index in [1.54, 1.807) is 48.5 Å². The number of benzene rings is 2. The van der Waals surface area contributed by atoms with Gasteiger partial charge in [0.15, 0.2) is 5.11 Å². The van der Waals surface area contributed by atoms with Crippen molar-refractivity contribution in [1.29, 1.82) is 0 Å². The number of thiocarbonyl (C=S) groups is 1. The van der Waals surface area contributed by atoms with Crippen LogP contribution < -0.4 is 10.2 Å². The second kappa shape index (κ2) is 8.29. The van der Waals surface area contributed by atoms with Gasteiger partial charge in [0.2, 0.25) is 0 Å². The van der Waals surface area contributed by atoms with Crippen molar-refractivity contribution >= 4 is 62.8 Å². The molecule has 1 fully saturated rings. The molecule has 7 nitrogen and oxygen atoms in total. The Morgan fingerprint density at radius 2 is 1.87 bits per heavy atom. The fourth-order valence-electron chi connectivity index (χ4n) is 3.04. The number of carbonyl (C=O) groups excluding carboxylic acids is 2. The van der Waals surface area contributed by atoms with Crippen molar-refractivity contribution < 1.29 is 23.9 Å². The fourth-order valence-corrected chi connectivity index (χ4v) is 3.71. The van der Waals surface area contributed by atoms with Crippen LogP contribution in [0.25, 0.3) is 17.4 Å². The van der Waals surface area contributed by atoms with E-state index < -0.39 is 17.8 Å². The van der Waals surface area contributed by atoms with Gasteiger partial charge < -0.3 is 9.52 Å². The number of rotatable bonds is 4. The number of aromatic carboxylic acids is 1. The minimum Gasteiger partial charge on any atom is -0.478 e. The number of hydrogen-bond donors (Lipinski definition) is 2. The van der Waals surface area contributed by atoms with E-state index >= 15 is 0 Å². The highest BCUT2D eigenvalue weighted by atomic mass is 79.9. The molecule has 0 spiro atoms. The molecule has 2 heterocycles. The summed E-state index contributed by atoms with van der Waals surface area (Å²) in [5, 5.41) is 11.6. The molecule has 1 saturated heterocycles. The number of carboxylic acid groups (broad SMARTS) is 1. The molecule has 3 aromatic rings. The molecule has 0 bridgehead atoms. The predicted molar refractivity (Wildman–Crippen MR) is 121 cm³/mol. The maximum Gasteiger partial charge on any atom is 0.335 e. The van der Waals surface area contributed by atoms with E-state index in [0.717, 1.165) is 4.47 Å². The SMILES string of the molecule is O=C1NC(=S)N(c2cccc(Br)c2)C(=O)/C1=C\c1ccc(-c2cccc(C(=O)O)c2)o1. The van der Waals surface area contributed by atoms with E-state index in [4.69, 9.17) is 21.7 Å². The van der Waals surface area contributed by atoms with Gasteiger partial charge in [0.25, 0.3) is 11.8 Å². The van der Waals surface area contributed by atoms with Crippen LogP contribution in [0.1, 0.15) is 16.1 Å². The minimum absolute atomic E-state index is 0.0177. The first-order valence-corrected chi connectivity index (χ1v) is 10.1. The van der Waals surface area contributed by atoms with Gasteiger partial charge in [0.1, 0.15) is 17.1 Å². The van der Waals surface area contributed by atoms with Crippen LogP contribution in [-0.2, 0) is 9.59 Å². The van der Waals surface area contributed by atoms with Gasteiger partial charge in [0, 0.05) is 10.0 Å². The first-order chi connectivity index (χ1) is 14.8. The molecule has 0 saturated carbocycles. The summed E-state index contributed by atoms with van der Waals surface area (Å²) in [5.74, 6) is -1.61. The number of halogens is 1. The molecule has 2 amide bonds. The van der Waals surface area contributed by atoms with E-state index in [9.17, 15) is 14.4 Å². The Morgan fingerprint density at radius 1 is 1.10 bits per heavy atom. The van der Waals surface area contributed by atoms with Crippen LogP contribution >= 0.6 is 28.1 Å². The van der Waals surface area contributed by atoms with Crippen LogP contribution in [0.15, 0.2) is 75.1 Å². The Labute approximate surface area is 190 Å². The molecule has 4 rings (SSSR count). The third-order valence-corrected chi connectivity index (χ3v) is 5.25. The van der Waals surface area contributed by atoms with Gasteiger partial charge in [-0.05, 0) is 60.8 Å². The number of hydrogen-bond acceptors (Lipinski definition) is 5. The Kier molecular flexibility index (Phi) is 5.53. The quantitative estimate of drug-likeness (QED) is 0.318. The summed E-state index contributed by atoms with van der Waals surface area (Å²) in [5.41, 5.74) is 1.03. The summed E-state index contributed by atoms with van der Waals surface area (Å²) in [6.45, 7) is 0. The normalized spacial score (nSPS) is 15.3. The summed E-state index contributed by atoms with van der Waals surface area (Å²) in [6, 6.07) is 16.4. The van der Waals surface area contributed by atoms with E-state index in [0.29, 0.717) is 17.0 Å². The molecular formula is C22H13BrN2O5S. The van der Waals surface area contributed by atoms with Crippen LogP contribution in [0.4, 0.5) is 5.69 Å². The summed E-state index contributed by atoms with van der Waals surface area (Å²) >= 11 is 8.54. The number of carbonyl (C=O) groups is 3. The Bertz CT molecular complexity index is 1280. The highest BCUT2D eigenvalue weighted by Crippen LogP contribution is 2.27. The molecule has 0 atom stereocenters. The maximum atomic E-state index is 13.0. The van der Waals surface area contributed by atoms with Gasteiger partial charge >= 0.3 is 5.97 Å². The van der Waals surface area contributed by atoms with Gasteiger partial charge in [-0.3, -0.25) is 19.8 Å². The Hall–Kier alpha value is -3.56. The van der Waals surface area contributed by atoms with Crippen LogP contribution in [0, 0.1) is 0 Å². The van der Waals surface area contributed by atoms with Gasteiger partial charge in [-0.25, -0.2) is 4.79 Å². The summed E-state index contributed by atoms with van der Waals surface area (Å²) in [4.78, 5) is 37.9. The average molecular weight is 497 g/mol. The monoisotopic (exact) mass is 496 g/mol. The Balaban J connectivity index is 1.67. The molecule has 1 aromatic heterocycles. The third kappa shape index (κ3) is 4.18. The zero-order valence-corrected chi connectivity index (χ0v) is 18.1. The highest BCUT2D eigenvalue weighted by molar-refractivity contribution is 9.10. The number of furan rings is 1. The topological polar surface area (TPSA) is 99.9 Å². The lowest BCUT2D eigenvalue weighted by molar-refractivity contribution is -0.122. The van der Waals surface area contributed by atoms with E-state index in [-0.39, 0.29) is 22.0 Å². The van der Waals surface area contributed by atoms with E-state index in [2.05, 4.69) is 21.2 Å². The molecule has 9 heteroatoms. The molecule has 154 valence electrons. The summed E-state index contributed by atoms with van der Waals surface area (Å²) < 4.78 is 6.48. The molecule has 2 N–H and O–H groups in total. The number of anilines is 1. The molecule has 0 aliphatic carbocycles. The largest absolute Gasteiger partial charge is 0.478 e. The van der Waals surface area contributed by atoms with Crippen molar-refractivity contribution in [3.05, 3.63) is 82.0 Å². The lowest BCUT2D eigenvalue weighted by Gasteiger charge is -2.28. The van der Waals surface area contributed by atoms with Crippen LogP contribution in [0.3, 0.4) is 0 Å². The smallest absolute Gasteiger partial charge is 0.335 e. The van der Waals surface area contributed by atoms with Gasteiger partial charge in [-0.1, -0.05) is 34.1 Å². The van der Waals surface area contributed by atoms with Gasteiger partial charge in [-0.2, -0.15) is 0 Å². The van der Waals surface area contributed by atoms with Crippen molar-refractivity contribution in [2.24, 2.45) is 0 Å². The first kappa shape index (κ1) is 20.7. The van der Waals surface area contributed by atoms with Crippen LogP contribution in [0.2, 0.25) is 0 Å². The summed E-state index contributed by atoms with van der Waals surface area (Å²) in [6.07, 6.45) is 1.33. The zero-order chi connectivity index (χ0) is 22.1. The van der Waals surface area contributed by atoms with Crippen LogP contribution in [0.5, 0.6) is 0 Å². The van der Waals surface area contributed by atoms with Crippen molar-refractivity contribution in [2.75, 3.05) is 4.90 Å². The fraction of sp³-hybridized carbons (Fsp3) is 0. The maximum absolute atomic E-state index is 13.0. The first-order valence-electron chi connectivity index (χ1n) is 8.94. The summed E-state index contributed by atoms with van der Waals surface area (Å²) in [7, 11) is 0. The number of nitrogens with zero attached hydrogens (tertiary/aromatic N) is 1. The molecule has 0 radical (unpaired) electrons. The molecular weight excluding hydrogens is 484 g/mol. The van der Waals surface area contributed by atoms with Gasteiger partial charge in [-0.15, -0.1) is 0 Å². The molecule has 2 aromatic carbocycles. The molecule has 1 aliphatic heterocycles. The number of nitrogens with one attached hydrogen (secondary N) is 1. The van der Waals surface area contributed by atoms with Crippen molar-refractivity contribution in [3.63, 3.8) is 0 Å². The lowest BCUT2D eigenvalue weighted by Crippen LogP contribution is -2.54. The lowest BCUT2D eigenvalue weighted by atomic mass is 10.1. The van der Waals surface area contributed by atoms with E-state index in [1.807, 2.05) is 0 Å². The predicted octanol–water partition coefficient (Wildman–Crippen LogP) is 4.24. The number of carboxylic acids is 1. The molecule has 0 unspecified atom stereocenters. The minimum atomic E-state index is -1.05. The van der Waals surface area contributed by atoms with Gasteiger partial charge in [0.05, 0.1) is 11.3 Å². The average Bonchev–Trinajstić information content (AvgIpc) is 3.20. The van der Waals surface area contributed by atoms with E-state index in [1.165, 1.54) is 23.1 Å². The van der Waals surface area contributed by atoms with Crippen molar-refractivity contribution in [1.82, 2.24) is 5.32 Å². The molecule has 1 aliphatic rings. The Morgan fingerprint density at radius 3 is 2.61 bits per heavy atom. The second-order valence-corrected chi connectivity index (χ2v) is 7.83. The van der Waals surface area contributed by atoms with Crippen LogP contribution in [-0.4, -0.2) is 28.0 Å². The molecule has 31 heavy (non-hydrogen) atoms. The third-order valence-electron chi connectivity index (χ3n) is 4.48. The van der Waals surface area contributed by atoms with Crippen molar-refractivity contribution in [3.8, 4) is 11.3 Å². The second-order valence-electron chi connectivity index (χ2n) is 6.53. The highest BCUT2D eigenvalue weighted by Gasteiger charge is 2.34. The standard InChI is InChI=1S/C22H13BrN2O5S/c23-14-5-2-6-15(10-14)25-20(27)17(19(26)24-22(25)31)11-16-7-8-18(30-16)12-3-1-4-13(9-12)21(28)29/h1-11H,(H,28,29)(H,24,26,31)/b17-11-.